The Bertz CT molecular complexity index is 1490. The number of ether oxygens (including phenoxy) is 1. The van der Waals surface area contributed by atoms with Crippen LogP contribution in [-0.4, -0.2) is 51.4 Å². The molecule has 0 spiro atoms. The van der Waals surface area contributed by atoms with Crippen molar-refractivity contribution in [2.24, 2.45) is 5.92 Å². The number of carbonyl (C=O) groups excluding carboxylic acids is 2. The van der Waals surface area contributed by atoms with Crippen LogP contribution in [-0.2, 0) is 26.2 Å². The molecule has 1 atom stereocenters. The number of nitrogens with one attached hydrogen (secondary N) is 1. The number of halogens is 1. The predicted molar refractivity (Wildman–Crippen MR) is 170 cm³/mol. The number of hydrogen-bond acceptors (Lipinski definition) is 5. The minimum Gasteiger partial charge on any atom is -0.496 e. The molecule has 10 heteroatoms. The Morgan fingerprint density at radius 2 is 1.67 bits per heavy atom. The van der Waals surface area contributed by atoms with Gasteiger partial charge >= 0.3 is 0 Å². The molecule has 42 heavy (non-hydrogen) atoms. The summed E-state index contributed by atoms with van der Waals surface area (Å²) in [7, 11) is -2.70. The molecule has 0 heterocycles. The van der Waals surface area contributed by atoms with Crippen molar-refractivity contribution in [3.05, 3.63) is 87.9 Å². The number of methoxy groups -OCH3 is 1. The van der Waals surface area contributed by atoms with Crippen molar-refractivity contribution in [1.29, 1.82) is 0 Å². The first-order valence-corrected chi connectivity index (χ1v) is 16.2. The van der Waals surface area contributed by atoms with E-state index in [1.165, 1.54) is 24.1 Å². The molecule has 3 aromatic rings. The van der Waals surface area contributed by atoms with Gasteiger partial charge in [-0.2, -0.15) is 0 Å². The average Bonchev–Trinajstić information content (AvgIpc) is 2.96. The maximum atomic E-state index is 14.2. The van der Waals surface area contributed by atoms with Gasteiger partial charge in [-0.1, -0.05) is 62.7 Å². The second-order valence-electron chi connectivity index (χ2n) is 10.7. The van der Waals surface area contributed by atoms with E-state index in [1.54, 1.807) is 30.3 Å². The molecule has 0 bridgehead atoms. The van der Waals surface area contributed by atoms with Crippen molar-refractivity contribution in [3.63, 3.8) is 0 Å². The van der Waals surface area contributed by atoms with E-state index in [-0.39, 0.29) is 23.3 Å². The summed E-state index contributed by atoms with van der Waals surface area (Å²) in [5.74, 6) is -0.0361. The van der Waals surface area contributed by atoms with Crippen LogP contribution < -0.4 is 14.4 Å². The fraction of sp³-hybridized carbons (Fsp3) is 0.375. The van der Waals surface area contributed by atoms with Crippen LogP contribution in [0.2, 0.25) is 0 Å². The van der Waals surface area contributed by atoms with Crippen molar-refractivity contribution >= 4 is 43.5 Å². The van der Waals surface area contributed by atoms with E-state index in [1.807, 2.05) is 58.9 Å². The SMILES string of the molecule is CC[C@@H](C(=O)NCC(C)C)N(Cc1ccccc1C)C(=O)CN(c1ccc(C)cc1)S(=O)(=O)c1ccc(OC)c(Br)c1. The Morgan fingerprint density at radius 3 is 2.24 bits per heavy atom. The highest BCUT2D eigenvalue weighted by Gasteiger charge is 2.34. The van der Waals surface area contributed by atoms with Crippen LogP contribution in [0, 0.1) is 19.8 Å². The summed E-state index contributed by atoms with van der Waals surface area (Å²) in [6, 6.07) is 18.3. The van der Waals surface area contributed by atoms with Crippen molar-refractivity contribution in [3.8, 4) is 5.75 Å². The van der Waals surface area contributed by atoms with Gasteiger partial charge in [-0.3, -0.25) is 13.9 Å². The second kappa shape index (κ2) is 14.7. The quantitative estimate of drug-likeness (QED) is 0.249. The number of sulfonamides is 1. The van der Waals surface area contributed by atoms with Crippen LogP contribution in [0.3, 0.4) is 0 Å². The smallest absolute Gasteiger partial charge is 0.264 e. The zero-order valence-electron chi connectivity index (χ0n) is 25.1. The van der Waals surface area contributed by atoms with Crippen LogP contribution in [0.25, 0.3) is 0 Å². The highest BCUT2D eigenvalue weighted by Crippen LogP contribution is 2.31. The molecule has 2 amide bonds. The molecule has 0 aliphatic carbocycles. The zero-order chi connectivity index (χ0) is 31.0. The molecule has 3 aromatic carbocycles. The standard InChI is InChI=1S/C32H40BrN3O5S/c1-7-29(32(38)34-19-22(2)3)35(20-25-11-9-8-10-24(25)5)31(37)21-36(26-14-12-23(4)13-15-26)42(39,40)27-16-17-30(41-6)28(33)18-27/h8-18,22,29H,7,19-21H2,1-6H3,(H,34,38)/t29-/m0/s1. The summed E-state index contributed by atoms with van der Waals surface area (Å²) in [6.45, 7) is 9.84. The summed E-state index contributed by atoms with van der Waals surface area (Å²) >= 11 is 3.37. The third-order valence-corrected chi connectivity index (χ3v) is 9.37. The molecule has 0 fully saturated rings. The largest absolute Gasteiger partial charge is 0.496 e. The van der Waals surface area contributed by atoms with Gasteiger partial charge in [0.1, 0.15) is 18.3 Å². The van der Waals surface area contributed by atoms with E-state index in [9.17, 15) is 18.0 Å². The Morgan fingerprint density at radius 1 is 1.00 bits per heavy atom. The fourth-order valence-electron chi connectivity index (χ4n) is 4.49. The van der Waals surface area contributed by atoms with Crippen LogP contribution in [0.5, 0.6) is 5.75 Å². The van der Waals surface area contributed by atoms with Gasteiger partial charge in [0.05, 0.1) is 22.2 Å². The summed E-state index contributed by atoms with van der Waals surface area (Å²) in [5.41, 5.74) is 3.14. The van der Waals surface area contributed by atoms with Gasteiger partial charge in [0, 0.05) is 13.1 Å². The molecule has 0 unspecified atom stereocenters. The van der Waals surface area contributed by atoms with Gasteiger partial charge in [0.25, 0.3) is 10.0 Å². The number of hydrogen-bond donors (Lipinski definition) is 1. The number of aryl methyl sites for hydroxylation is 2. The Balaban J connectivity index is 2.08. The first-order valence-electron chi connectivity index (χ1n) is 13.9. The number of amides is 2. The molecule has 0 aliphatic rings. The predicted octanol–water partition coefficient (Wildman–Crippen LogP) is 5.85. The van der Waals surface area contributed by atoms with Crippen molar-refractivity contribution in [1.82, 2.24) is 10.2 Å². The fourth-order valence-corrected chi connectivity index (χ4v) is 6.62. The number of nitrogens with zero attached hydrogens (tertiary/aromatic N) is 2. The molecule has 3 rings (SSSR count). The maximum absolute atomic E-state index is 14.2. The highest BCUT2D eigenvalue weighted by molar-refractivity contribution is 9.10. The van der Waals surface area contributed by atoms with E-state index >= 15 is 0 Å². The van der Waals surface area contributed by atoms with E-state index in [4.69, 9.17) is 4.74 Å². The number of anilines is 1. The summed E-state index contributed by atoms with van der Waals surface area (Å²) in [6.07, 6.45) is 0.365. The Hall–Kier alpha value is -3.37. The Labute approximate surface area is 258 Å². The lowest BCUT2D eigenvalue weighted by Gasteiger charge is -2.33. The molecular weight excluding hydrogens is 618 g/mol. The topological polar surface area (TPSA) is 96.0 Å². The third-order valence-electron chi connectivity index (χ3n) is 6.98. The highest BCUT2D eigenvalue weighted by atomic mass is 79.9. The number of carbonyl (C=O) groups is 2. The van der Waals surface area contributed by atoms with Gasteiger partial charge in [-0.15, -0.1) is 0 Å². The minimum atomic E-state index is -4.20. The van der Waals surface area contributed by atoms with Crippen LogP contribution >= 0.6 is 15.9 Å². The molecule has 0 aromatic heterocycles. The third kappa shape index (κ3) is 8.13. The lowest BCUT2D eigenvalue weighted by Crippen LogP contribution is -2.52. The summed E-state index contributed by atoms with van der Waals surface area (Å²) in [4.78, 5) is 29.1. The van der Waals surface area contributed by atoms with Gasteiger partial charge in [0.2, 0.25) is 11.8 Å². The van der Waals surface area contributed by atoms with E-state index in [2.05, 4.69) is 21.2 Å². The monoisotopic (exact) mass is 657 g/mol. The normalized spacial score (nSPS) is 12.1. The minimum absolute atomic E-state index is 0.00396. The Kier molecular flexibility index (Phi) is 11.6. The van der Waals surface area contributed by atoms with Crippen molar-refractivity contribution < 1.29 is 22.7 Å². The van der Waals surface area contributed by atoms with Gasteiger partial charge in [-0.05, 0) is 83.6 Å². The van der Waals surface area contributed by atoms with Crippen LogP contribution in [0.15, 0.2) is 76.1 Å². The molecule has 0 radical (unpaired) electrons. The molecule has 0 aliphatic heterocycles. The summed E-state index contributed by atoms with van der Waals surface area (Å²) in [5, 5.41) is 2.95. The van der Waals surface area contributed by atoms with Crippen LogP contribution in [0.1, 0.15) is 43.9 Å². The molecule has 1 N–H and O–H groups in total. The van der Waals surface area contributed by atoms with Gasteiger partial charge in [-0.25, -0.2) is 8.42 Å². The first-order chi connectivity index (χ1) is 19.9. The summed E-state index contributed by atoms with van der Waals surface area (Å²) < 4.78 is 35.1. The van der Waals surface area contributed by atoms with Crippen molar-refractivity contribution in [2.75, 3.05) is 24.5 Å². The van der Waals surface area contributed by atoms with Gasteiger partial charge < -0.3 is 15.0 Å². The molecule has 0 saturated carbocycles. The van der Waals surface area contributed by atoms with E-state index in [0.29, 0.717) is 28.9 Å². The van der Waals surface area contributed by atoms with Gasteiger partial charge in [0.15, 0.2) is 0 Å². The first kappa shape index (κ1) is 33.1. The lowest BCUT2D eigenvalue weighted by atomic mass is 10.1. The zero-order valence-corrected chi connectivity index (χ0v) is 27.5. The van der Waals surface area contributed by atoms with E-state index < -0.39 is 28.5 Å². The van der Waals surface area contributed by atoms with E-state index in [0.717, 1.165) is 21.0 Å². The molecule has 226 valence electrons. The molecular formula is C32H40BrN3O5S. The molecule has 8 nitrogen and oxygen atoms in total. The average molecular weight is 659 g/mol. The number of benzene rings is 3. The number of rotatable bonds is 13. The lowest BCUT2D eigenvalue weighted by molar-refractivity contribution is -0.140. The second-order valence-corrected chi connectivity index (χ2v) is 13.4. The maximum Gasteiger partial charge on any atom is 0.264 e. The van der Waals surface area contributed by atoms with Crippen molar-refractivity contribution in [2.45, 2.75) is 58.5 Å². The van der Waals surface area contributed by atoms with Crippen LogP contribution in [0.4, 0.5) is 5.69 Å². The molecule has 0 saturated heterocycles.